The van der Waals surface area contributed by atoms with E-state index in [-0.39, 0.29) is 6.61 Å². The molecule has 1 heterocycles. The molecule has 0 aromatic heterocycles. The molecule has 1 aliphatic rings. The summed E-state index contributed by atoms with van der Waals surface area (Å²) < 4.78 is 60.4. The van der Waals surface area contributed by atoms with Crippen molar-refractivity contribution in [2.75, 3.05) is 19.5 Å². The summed E-state index contributed by atoms with van der Waals surface area (Å²) in [6.45, 7) is 6.50. The summed E-state index contributed by atoms with van der Waals surface area (Å²) >= 11 is 0. The van der Waals surface area contributed by atoms with Gasteiger partial charge in [-0.25, -0.2) is 18.0 Å². The van der Waals surface area contributed by atoms with Gasteiger partial charge in [0, 0.05) is 6.26 Å². The monoisotopic (exact) mass is 432 g/mol. The Morgan fingerprint density at radius 3 is 2.30 bits per heavy atom. The van der Waals surface area contributed by atoms with Gasteiger partial charge in [-0.1, -0.05) is 0 Å². The van der Waals surface area contributed by atoms with Crippen LogP contribution in [0.25, 0.3) is 0 Å². The van der Waals surface area contributed by atoms with Crippen LogP contribution in [-0.2, 0) is 47.5 Å². The first-order valence-corrected chi connectivity index (χ1v) is 11.5. The van der Waals surface area contributed by atoms with Gasteiger partial charge in [0.2, 0.25) is 5.79 Å². The van der Waals surface area contributed by atoms with E-state index in [9.17, 15) is 27.5 Å². The van der Waals surface area contributed by atoms with Gasteiger partial charge in [0.25, 0.3) is 11.3 Å². The fourth-order valence-electron chi connectivity index (χ4n) is 2.01. The molecule has 0 aromatic rings. The van der Waals surface area contributed by atoms with Gasteiger partial charge >= 0.3 is 19.5 Å². The second-order valence-electron chi connectivity index (χ2n) is 7.01. The van der Waals surface area contributed by atoms with Crippen LogP contribution in [-0.4, -0.2) is 67.4 Å². The van der Waals surface area contributed by atoms with Crippen molar-refractivity contribution in [1.82, 2.24) is 0 Å². The van der Waals surface area contributed by atoms with Gasteiger partial charge in [-0.15, -0.1) is 0 Å². The van der Waals surface area contributed by atoms with Crippen molar-refractivity contribution >= 4 is 29.4 Å². The minimum Gasteiger partial charge on any atom is -0.464 e. The molecule has 1 fully saturated rings. The lowest BCUT2D eigenvalue weighted by atomic mass is 10.2. The van der Waals surface area contributed by atoms with Gasteiger partial charge in [0.1, 0.15) is 6.61 Å². The molecule has 4 atom stereocenters. The fourth-order valence-corrected chi connectivity index (χ4v) is 4.33. The third kappa shape index (κ3) is 6.81. The molecule has 1 saturated heterocycles. The highest BCUT2D eigenvalue weighted by Crippen LogP contribution is 2.58. The SMILES string of the molecule is CCOC(=O)C1OC(C)(COC(=O)C(OC(C)(C)C)S(C)(=O)=O)OP1(=O)O. The van der Waals surface area contributed by atoms with E-state index in [0.717, 1.165) is 13.2 Å². The Hall–Kier alpha value is -1.04. The molecule has 0 aromatic carbocycles. The molecule has 1 N–H and O–H groups in total. The van der Waals surface area contributed by atoms with Crippen LogP contribution in [0, 0.1) is 0 Å². The largest absolute Gasteiger partial charge is 0.464 e. The molecule has 0 bridgehead atoms. The highest BCUT2D eigenvalue weighted by atomic mass is 32.2. The molecule has 0 spiro atoms. The Labute approximate surface area is 157 Å². The van der Waals surface area contributed by atoms with Gasteiger partial charge in [0.15, 0.2) is 9.84 Å². The van der Waals surface area contributed by atoms with E-state index in [0.29, 0.717) is 0 Å². The number of esters is 2. The minimum absolute atomic E-state index is 0.0510. The van der Waals surface area contributed by atoms with Crippen molar-refractivity contribution < 1.29 is 50.9 Å². The molecule has 11 nitrogen and oxygen atoms in total. The fraction of sp³-hybridized carbons (Fsp3) is 0.857. The van der Waals surface area contributed by atoms with Crippen LogP contribution in [0.5, 0.6) is 0 Å². The van der Waals surface area contributed by atoms with Crippen molar-refractivity contribution in [1.29, 1.82) is 0 Å². The average Bonchev–Trinajstić information content (AvgIpc) is 2.71. The van der Waals surface area contributed by atoms with E-state index in [1.165, 1.54) is 6.92 Å². The Kier molecular flexibility index (Phi) is 7.23. The summed E-state index contributed by atoms with van der Waals surface area (Å²) in [7, 11) is -8.52. The Bertz CT molecular complexity index is 726. The van der Waals surface area contributed by atoms with Crippen molar-refractivity contribution in [3.05, 3.63) is 0 Å². The lowest BCUT2D eigenvalue weighted by molar-refractivity contribution is -0.200. The van der Waals surface area contributed by atoms with Crippen LogP contribution in [0.3, 0.4) is 0 Å². The molecule has 0 saturated carbocycles. The smallest absolute Gasteiger partial charge is 0.370 e. The third-order valence-corrected chi connectivity index (χ3v) is 5.61. The predicted molar refractivity (Wildman–Crippen MR) is 91.3 cm³/mol. The van der Waals surface area contributed by atoms with Crippen LogP contribution < -0.4 is 0 Å². The Morgan fingerprint density at radius 2 is 1.85 bits per heavy atom. The molecule has 0 aliphatic carbocycles. The van der Waals surface area contributed by atoms with E-state index < -0.39 is 58.6 Å². The average molecular weight is 432 g/mol. The quantitative estimate of drug-likeness (QED) is 0.443. The first kappa shape index (κ1) is 24.0. The molecule has 0 radical (unpaired) electrons. The van der Waals surface area contributed by atoms with Crippen LogP contribution in [0.1, 0.15) is 34.6 Å². The third-order valence-electron chi connectivity index (χ3n) is 2.99. The first-order valence-electron chi connectivity index (χ1n) is 7.92. The molecule has 4 unspecified atom stereocenters. The minimum atomic E-state index is -4.55. The molecule has 1 rings (SSSR count). The predicted octanol–water partition coefficient (Wildman–Crippen LogP) is 0.553. The number of hydrogen-bond acceptors (Lipinski definition) is 10. The number of rotatable bonds is 7. The zero-order valence-corrected chi connectivity index (χ0v) is 17.7. The lowest BCUT2D eigenvalue weighted by Crippen LogP contribution is -2.42. The number of sulfone groups is 1. The highest BCUT2D eigenvalue weighted by Gasteiger charge is 2.57. The van der Waals surface area contributed by atoms with Crippen LogP contribution in [0.4, 0.5) is 0 Å². The molecule has 0 amide bonds. The van der Waals surface area contributed by atoms with Gasteiger partial charge in [-0.2, -0.15) is 0 Å². The summed E-state index contributed by atoms with van der Waals surface area (Å²) in [6, 6.07) is 0. The van der Waals surface area contributed by atoms with Crippen molar-refractivity contribution in [2.24, 2.45) is 0 Å². The molecule has 1 aliphatic heterocycles. The zero-order chi connectivity index (χ0) is 21.3. The van der Waals surface area contributed by atoms with Gasteiger partial charge in [-0.3, -0.25) is 9.09 Å². The number of hydrogen-bond donors (Lipinski definition) is 1. The summed E-state index contributed by atoms with van der Waals surface area (Å²) in [4.78, 5) is 33.7. The summed E-state index contributed by atoms with van der Waals surface area (Å²) in [6.07, 6.45) is 0.799. The lowest BCUT2D eigenvalue weighted by Gasteiger charge is -2.26. The maximum atomic E-state index is 12.2. The molecule has 158 valence electrons. The Balaban J connectivity index is 2.88. The number of carbonyl (C=O) groups excluding carboxylic acids is 2. The first-order chi connectivity index (χ1) is 12.0. The van der Waals surface area contributed by atoms with E-state index in [4.69, 9.17) is 18.7 Å². The summed E-state index contributed by atoms with van der Waals surface area (Å²) in [5.74, 6) is -6.23. The van der Waals surface area contributed by atoms with Crippen molar-refractivity contribution in [3.8, 4) is 0 Å². The van der Waals surface area contributed by atoms with E-state index >= 15 is 0 Å². The van der Waals surface area contributed by atoms with Crippen LogP contribution >= 0.6 is 7.60 Å². The van der Waals surface area contributed by atoms with E-state index in [1.807, 2.05) is 0 Å². The topological polar surface area (TPSA) is 152 Å². The molecular weight excluding hydrogens is 407 g/mol. The highest BCUT2D eigenvalue weighted by molar-refractivity contribution is 7.91. The Morgan fingerprint density at radius 1 is 1.30 bits per heavy atom. The van der Waals surface area contributed by atoms with Crippen LogP contribution in [0.2, 0.25) is 0 Å². The van der Waals surface area contributed by atoms with Crippen molar-refractivity contribution in [2.45, 2.75) is 57.3 Å². The second-order valence-corrected chi connectivity index (χ2v) is 10.9. The number of carbonyl (C=O) groups is 2. The number of ether oxygens (including phenoxy) is 4. The van der Waals surface area contributed by atoms with Crippen LogP contribution in [0.15, 0.2) is 0 Å². The molecule has 27 heavy (non-hydrogen) atoms. The maximum absolute atomic E-state index is 12.2. The van der Waals surface area contributed by atoms with Gasteiger partial charge in [-0.05, 0) is 34.6 Å². The van der Waals surface area contributed by atoms with Gasteiger partial charge in [0.05, 0.1) is 12.2 Å². The van der Waals surface area contributed by atoms with E-state index in [2.05, 4.69) is 4.74 Å². The maximum Gasteiger partial charge on any atom is 0.370 e. The summed E-state index contributed by atoms with van der Waals surface area (Å²) in [5, 5.41) is 0. The van der Waals surface area contributed by atoms with Gasteiger partial charge < -0.3 is 23.8 Å². The molecular formula is C14H25O11PS. The zero-order valence-electron chi connectivity index (χ0n) is 16.0. The molecule has 13 heteroatoms. The van der Waals surface area contributed by atoms with Crippen molar-refractivity contribution in [3.63, 3.8) is 0 Å². The normalized spacial score (nSPS) is 30.0. The summed E-state index contributed by atoms with van der Waals surface area (Å²) in [5.41, 5.74) is -2.88. The van der Waals surface area contributed by atoms with E-state index in [1.54, 1.807) is 20.8 Å². The standard InChI is InChI=1S/C14H25O11PS/c1-7-21-9(15)11-23-14(5,25-26(11,17)18)8-22-10(16)12(27(6,19)20)24-13(2,3)4/h11-12H,7-8H2,1-6H3,(H,17,18). The second kappa shape index (κ2) is 8.14.